The van der Waals surface area contributed by atoms with Crippen molar-refractivity contribution in [2.45, 2.75) is 26.8 Å². The van der Waals surface area contributed by atoms with Crippen LogP contribution < -0.4 is 15.4 Å². The van der Waals surface area contributed by atoms with Gasteiger partial charge in [0.15, 0.2) is 0 Å². The van der Waals surface area contributed by atoms with Crippen molar-refractivity contribution < 1.29 is 4.74 Å². The second-order valence-corrected chi connectivity index (χ2v) is 5.18. The summed E-state index contributed by atoms with van der Waals surface area (Å²) in [5.74, 6) is 0.909. The van der Waals surface area contributed by atoms with Gasteiger partial charge in [-0.15, -0.1) is 0 Å². The van der Waals surface area contributed by atoms with Gasteiger partial charge in [0.1, 0.15) is 5.75 Å². The first-order valence-corrected chi connectivity index (χ1v) is 8.20. The van der Waals surface area contributed by atoms with Crippen LogP contribution in [0.1, 0.15) is 19.0 Å². The molecule has 2 rings (SSSR count). The van der Waals surface area contributed by atoms with E-state index in [9.17, 15) is 0 Å². The summed E-state index contributed by atoms with van der Waals surface area (Å²) in [6, 6.07) is 8.02. The maximum absolute atomic E-state index is 7.40. The minimum absolute atomic E-state index is 0.699. The average Bonchev–Trinajstić information content (AvgIpc) is 3.05. The highest BCUT2D eigenvalue weighted by molar-refractivity contribution is 5.46. The van der Waals surface area contributed by atoms with E-state index >= 15 is 0 Å². The van der Waals surface area contributed by atoms with Crippen LogP contribution in [-0.4, -0.2) is 36.1 Å². The Morgan fingerprint density at radius 3 is 2.64 bits per heavy atom. The number of hydrogen-bond acceptors (Lipinski definition) is 6. The molecule has 0 saturated carbocycles. The molecular weight excluding hydrogens is 316 g/mol. The Balaban J connectivity index is 0.000000705. The van der Waals surface area contributed by atoms with Gasteiger partial charge in [0, 0.05) is 25.1 Å². The predicted octanol–water partition coefficient (Wildman–Crippen LogP) is 2.81. The molecule has 0 saturated heterocycles. The smallest absolute Gasteiger partial charge is 0.205 e. The fraction of sp³-hybridized carbons (Fsp3) is 0.389. The van der Waals surface area contributed by atoms with E-state index in [-0.39, 0.29) is 0 Å². The van der Waals surface area contributed by atoms with Gasteiger partial charge in [-0.2, -0.15) is 10.3 Å². The lowest BCUT2D eigenvalue weighted by molar-refractivity contribution is 0.340. The highest BCUT2D eigenvalue weighted by atomic mass is 16.5. The number of nitrogens with one attached hydrogen (secondary N) is 2. The van der Waals surface area contributed by atoms with E-state index < -0.39 is 0 Å². The van der Waals surface area contributed by atoms with E-state index in [1.807, 2.05) is 44.4 Å². The lowest BCUT2D eigenvalue weighted by Crippen LogP contribution is -2.23. The zero-order chi connectivity index (χ0) is 18.3. The standard InChI is InChI=1S/C16H24N4O.C2H2N2/c1-3-21-16-7-5-15(6-8-16)18-12-17-9-4-10-20-11-14(2)19-13-20;1-4-2-3/h5-8,11,13,17-18H,3-4,9-10,12H2,1-2H3;1H2. The SMILES string of the molecule is C=NC#N.CCOc1ccc(NCNCCCn2cnc(C)c2)cc1. The first-order valence-electron chi connectivity index (χ1n) is 8.20. The molecule has 1 aromatic heterocycles. The second kappa shape index (κ2) is 12.6. The van der Waals surface area contributed by atoms with E-state index in [0.717, 1.165) is 43.3 Å². The molecule has 2 aromatic rings. The summed E-state index contributed by atoms with van der Waals surface area (Å²) in [6.07, 6.45) is 6.48. The summed E-state index contributed by atoms with van der Waals surface area (Å²) < 4.78 is 7.53. The monoisotopic (exact) mass is 342 g/mol. The summed E-state index contributed by atoms with van der Waals surface area (Å²) >= 11 is 0. The van der Waals surface area contributed by atoms with Crippen molar-refractivity contribution in [1.82, 2.24) is 14.9 Å². The third-order valence-corrected chi connectivity index (χ3v) is 3.19. The Hall–Kier alpha value is -2.85. The minimum Gasteiger partial charge on any atom is -0.494 e. The lowest BCUT2D eigenvalue weighted by atomic mass is 10.3. The fourth-order valence-electron chi connectivity index (χ4n) is 2.07. The number of rotatable bonds is 9. The molecule has 0 unspecified atom stereocenters. The molecule has 0 aliphatic rings. The summed E-state index contributed by atoms with van der Waals surface area (Å²) in [7, 11) is 0. The molecule has 0 amide bonds. The Labute approximate surface area is 149 Å². The summed E-state index contributed by atoms with van der Waals surface area (Å²) in [5, 5.41) is 14.1. The normalized spacial score (nSPS) is 9.48. The quantitative estimate of drug-likeness (QED) is 0.317. The highest BCUT2D eigenvalue weighted by Crippen LogP contribution is 2.14. The Kier molecular flexibility index (Phi) is 10.1. The number of imidazole rings is 1. The van der Waals surface area contributed by atoms with Crippen LogP contribution in [0.15, 0.2) is 41.8 Å². The van der Waals surface area contributed by atoms with Crippen molar-refractivity contribution in [3.05, 3.63) is 42.5 Å². The summed E-state index contributed by atoms with van der Waals surface area (Å²) in [4.78, 5) is 7.00. The molecule has 7 heteroatoms. The Bertz CT molecular complexity index is 644. The molecule has 0 radical (unpaired) electrons. The minimum atomic E-state index is 0.699. The largest absolute Gasteiger partial charge is 0.494 e. The number of nitrogens with zero attached hydrogens (tertiary/aromatic N) is 4. The number of aryl methyl sites for hydroxylation is 2. The van der Waals surface area contributed by atoms with Gasteiger partial charge in [-0.25, -0.2) is 4.98 Å². The van der Waals surface area contributed by atoms with E-state index in [2.05, 4.69) is 38.1 Å². The molecule has 0 aliphatic carbocycles. The first kappa shape index (κ1) is 20.2. The number of aliphatic imine (C=N–C) groups is 1. The number of nitriles is 1. The van der Waals surface area contributed by atoms with Crippen molar-refractivity contribution in [2.75, 3.05) is 25.1 Å². The summed E-state index contributed by atoms with van der Waals surface area (Å²) in [6.45, 7) is 10.3. The molecular formula is C18H26N6O. The van der Waals surface area contributed by atoms with Gasteiger partial charge in [-0.1, -0.05) is 0 Å². The van der Waals surface area contributed by atoms with Crippen molar-refractivity contribution in [3.8, 4) is 11.9 Å². The van der Waals surface area contributed by atoms with Gasteiger partial charge in [0.25, 0.3) is 0 Å². The molecule has 0 spiro atoms. The van der Waals surface area contributed by atoms with Crippen LogP contribution in [0.25, 0.3) is 0 Å². The predicted molar refractivity (Wildman–Crippen MR) is 101 cm³/mol. The molecule has 0 aliphatic heterocycles. The Morgan fingerprint density at radius 2 is 2.08 bits per heavy atom. The van der Waals surface area contributed by atoms with Gasteiger partial charge in [0.05, 0.1) is 25.3 Å². The van der Waals surface area contributed by atoms with Gasteiger partial charge >= 0.3 is 0 Å². The number of benzene rings is 1. The van der Waals surface area contributed by atoms with Gasteiger partial charge in [-0.3, -0.25) is 0 Å². The zero-order valence-corrected chi connectivity index (χ0v) is 14.9. The number of aromatic nitrogens is 2. The van der Waals surface area contributed by atoms with Crippen molar-refractivity contribution in [3.63, 3.8) is 0 Å². The van der Waals surface area contributed by atoms with Crippen molar-refractivity contribution in [1.29, 1.82) is 5.26 Å². The third-order valence-electron chi connectivity index (χ3n) is 3.19. The molecule has 0 atom stereocenters. The fourth-order valence-corrected chi connectivity index (χ4v) is 2.07. The number of ether oxygens (including phenoxy) is 1. The molecule has 0 bridgehead atoms. The van der Waals surface area contributed by atoms with Gasteiger partial charge in [0.2, 0.25) is 6.19 Å². The first-order chi connectivity index (χ1) is 12.2. The van der Waals surface area contributed by atoms with Gasteiger partial charge < -0.3 is 19.9 Å². The van der Waals surface area contributed by atoms with Crippen molar-refractivity contribution in [2.24, 2.45) is 4.99 Å². The van der Waals surface area contributed by atoms with E-state index in [1.165, 1.54) is 6.19 Å². The lowest BCUT2D eigenvalue weighted by Gasteiger charge is -2.09. The van der Waals surface area contributed by atoms with Crippen LogP contribution in [-0.2, 0) is 6.54 Å². The summed E-state index contributed by atoms with van der Waals surface area (Å²) in [5.41, 5.74) is 2.16. The maximum Gasteiger partial charge on any atom is 0.205 e. The third kappa shape index (κ3) is 9.13. The molecule has 2 N–H and O–H groups in total. The van der Waals surface area contributed by atoms with Crippen LogP contribution in [0.3, 0.4) is 0 Å². The van der Waals surface area contributed by atoms with Crippen LogP contribution in [0.4, 0.5) is 5.69 Å². The molecule has 25 heavy (non-hydrogen) atoms. The maximum atomic E-state index is 7.40. The van der Waals surface area contributed by atoms with Gasteiger partial charge in [-0.05, 0) is 51.1 Å². The van der Waals surface area contributed by atoms with Crippen LogP contribution in [0.2, 0.25) is 0 Å². The Morgan fingerprint density at radius 1 is 1.36 bits per heavy atom. The molecule has 7 nitrogen and oxygen atoms in total. The highest BCUT2D eigenvalue weighted by Gasteiger charge is 1.95. The second-order valence-electron chi connectivity index (χ2n) is 5.18. The topological polar surface area (TPSA) is 87.3 Å². The van der Waals surface area contributed by atoms with Crippen molar-refractivity contribution >= 4 is 12.4 Å². The molecule has 1 aromatic carbocycles. The average molecular weight is 342 g/mol. The zero-order valence-electron chi connectivity index (χ0n) is 14.9. The van der Waals surface area contributed by atoms with E-state index in [1.54, 1.807) is 0 Å². The van der Waals surface area contributed by atoms with Crippen LogP contribution in [0.5, 0.6) is 5.75 Å². The number of hydrogen-bond donors (Lipinski definition) is 2. The molecule has 134 valence electrons. The van der Waals surface area contributed by atoms with Crippen LogP contribution in [0, 0.1) is 18.4 Å². The van der Waals surface area contributed by atoms with E-state index in [4.69, 9.17) is 10.00 Å². The molecule has 1 heterocycles. The molecule has 0 fully saturated rings. The number of anilines is 1. The van der Waals surface area contributed by atoms with Crippen LogP contribution >= 0.6 is 0 Å². The van der Waals surface area contributed by atoms with E-state index in [0.29, 0.717) is 6.61 Å².